The lowest BCUT2D eigenvalue weighted by Gasteiger charge is -2.12. The number of anilines is 1. The summed E-state index contributed by atoms with van der Waals surface area (Å²) in [6.45, 7) is 3.04. The molecule has 7 heteroatoms. The van der Waals surface area contributed by atoms with Gasteiger partial charge in [-0.15, -0.1) is 0 Å². The Kier molecular flexibility index (Phi) is 5.82. The molecule has 0 heterocycles. The van der Waals surface area contributed by atoms with Crippen LogP contribution < -0.4 is 15.4 Å². The molecule has 0 aliphatic heterocycles. The number of ether oxygens (including phenoxy) is 1. The summed E-state index contributed by atoms with van der Waals surface area (Å²) in [4.78, 5) is 11.3. The Morgan fingerprint density at radius 1 is 1.42 bits per heavy atom. The Morgan fingerprint density at radius 3 is 2.63 bits per heavy atom. The van der Waals surface area contributed by atoms with E-state index in [1.807, 2.05) is 19.2 Å². The van der Waals surface area contributed by atoms with Crippen molar-refractivity contribution in [3.8, 4) is 5.75 Å². The van der Waals surface area contributed by atoms with Gasteiger partial charge in [-0.25, -0.2) is 13.6 Å². The van der Waals surface area contributed by atoms with Gasteiger partial charge in [0.2, 0.25) is 0 Å². The second kappa shape index (κ2) is 7.13. The van der Waals surface area contributed by atoms with Crippen molar-refractivity contribution >= 4 is 23.3 Å². The number of hydrogen-bond acceptors (Lipinski definition) is 2. The zero-order valence-electron chi connectivity index (χ0n) is 10.5. The van der Waals surface area contributed by atoms with Gasteiger partial charge in [0.05, 0.1) is 23.4 Å². The van der Waals surface area contributed by atoms with Crippen molar-refractivity contribution < 1.29 is 18.3 Å². The van der Waals surface area contributed by atoms with Gasteiger partial charge in [0.1, 0.15) is 5.75 Å². The van der Waals surface area contributed by atoms with Crippen LogP contribution in [0.5, 0.6) is 5.75 Å². The van der Waals surface area contributed by atoms with Gasteiger partial charge in [-0.2, -0.15) is 0 Å². The average molecular weight is 293 g/mol. The lowest BCUT2D eigenvalue weighted by Crippen LogP contribution is -2.32. The van der Waals surface area contributed by atoms with Gasteiger partial charge in [0, 0.05) is 6.07 Å². The van der Waals surface area contributed by atoms with E-state index >= 15 is 0 Å². The van der Waals surface area contributed by atoms with Crippen LogP contribution in [0.25, 0.3) is 0 Å². The van der Waals surface area contributed by atoms with Gasteiger partial charge in [0.25, 0.3) is 6.43 Å². The normalized spacial score (nSPS) is 10.7. The van der Waals surface area contributed by atoms with Crippen LogP contribution in [-0.2, 0) is 0 Å². The van der Waals surface area contributed by atoms with Crippen molar-refractivity contribution in [2.75, 3.05) is 11.9 Å². The Hall–Kier alpha value is -1.56. The lowest BCUT2D eigenvalue weighted by atomic mass is 10.3. The van der Waals surface area contributed by atoms with E-state index < -0.39 is 19.0 Å². The molecule has 0 bridgehead atoms. The highest BCUT2D eigenvalue weighted by Gasteiger charge is 2.09. The van der Waals surface area contributed by atoms with Crippen molar-refractivity contribution in [3.63, 3.8) is 0 Å². The summed E-state index contributed by atoms with van der Waals surface area (Å²) < 4.78 is 29.2. The maximum atomic E-state index is 11.9. The molecule has 4 nitrogen and oxygen atoms in total. The summed E-state index contributed by atoms with van der Waals surface area (Å²) in [6, 6.07) is 3.99. The highest BCUT2D eigenvalue weighted by atomic mass is 35.5. The number of nitrogens with one attached hydrogen (secondary N) is 2. The third-order valence-corrected chi connectivity index (χ3v) is 2.29. The molecular weight excluding hydrogens is 278 g/mol. The molecule has 0 aliphatic rings. The van der Waals surface area contributed by atoms with Crippen LogP contribution in [0.15, 0.2) is 18.2 Å². The molecule has 0 fully saturated rings. The highest BCUT2D eigenvalue weighted by Crippen LogP contribution is 2.27. The number of carbonyl (C=O) groups excluding carboxylic acids is 1. The zero-order valence-corrected chi connectivity index (χ0v) is 11.3. The number of alkyl halides is 2. The van der Waals surface area contributed by atoms with Crippen molar-refractivity contribution in [3.05, 3.63) is 23.2 Å². The molecule has 106 valence electrons. The van der Waals surface area contributed by atoms with Crippen LogP contribution >= 0.6 is 11.6 Å². The number of rotatable bonds is 5. The predicted molar refractivity (Wildman–Crippen MR) is 70.2 cm³/mol. The molecule has 19 heavy (non-hydrogen) atoms. The minimum absolute atomic E-state index is 0.00390. The quantitative estimate of drug-likeness (QED) is 0.872. The van der Waals surface area contributed by atoms with E-state index in [2.05, 4.69) is 5.32 Å². The molecule has 1 rings (SSSR count). The van der Waals surface area contributed by atoms with E-state index in [1.165, 1.54) is 0 Å². The number of benzene rings is 1. The molecule has 2 amide bonds. The van der Waals surface area contributed by atoms with Crippen molar-refractivity contribution in [2.24, 2.45) is 0 Å². The second-order valence-electron chi connectivity index (χ2n) is 4.03. The van der Waals surface area contributed by atoms with E-state index in [1.54, 1.807) is 18.2 Å². The Bertz CT molecular complexity index is 442. The first kappa shape index (κ1) is 15.5. The maximum Gasteiger partial charge on any atom is 0.319 e. The molecule has 2 N–H and O–H groups in total. The minimum Gasteiger partial charge on any atom is -0.491 e. The molecule has 1 aromatic rings. The highest BCUT2D eigenvalue weighted by molar-refractivity contribution is 6.33. The topological polar surface area (TPSA) is 50.4 Å². The van der Waals surface area contributed by atoms with Crippen molar-refractivity contribution in [1.29, 1.82) is 0 Å². The van der Waals surface area contributed by atoms with Gasteiger partial charge in [0.15, 0.2) is 0 Å². The van der Waals surface area contributed by atoms with Crippen LogP contribution in [0.1, 0.15) is 13.8 Å². The first-order valence-corrected chi connectivity index (χ1v) is 6.05. The molecular formula is C12H15ClF2N2O2. The van der Waals surface area contributed by atoms with E-state index in [0.29, 0.717) is 11.4 Å². The summed E-state index contributed by atoms with van der Waals surface area (Å²) in [5.74, 6) is 0.568. The van der Waals surface area contributed by atoms with Crippen LogP contribution in [0.4, 0.5) is 19.3 Å². The predicted octanol–water partition coefficient (Wildman–Crippen LogP) is 3.51. The molecule has 0 saturated heterocycles. The van der Waals surface area contributed by atoms with Gasteiger partial charge in [-0.1, -0.05) is 11.6 Å². The molecule has 0 aliphatic carbocycles. The van der Waals surface area contributed by atoms with Gasteiger partial charge >= 0.3 is 6.03 Å². The number of hydrogen-bond donors (Lipinski definition) is 2. The maximum absolute atomic E-state index is 11.9. The lowest BCUT2D eigenvalue weighted by molar-refractivity contribution is 0.148. The largest absolute Gasteiger partial charge is 0.491 e. The fourth-order valence-electron chi connectivity index (χ4n) is 1.28. The van der Waals surface area contributed by atoms with E-state index in [0.717, 1.165) is 0 Å². The SMILES string of the molecule is CC(C)Oc1ccc(NC(=O)NCC(F)F)c(Cl)c1. The summed E-state index contributed by atoms with van der Waals surface area (Å²) in [7, 11) is 0. The Balaban J connectivity index is 2.61. The number of amides is 2. The number of urea groups is 1. The average Bonchev–Trinajstić information content (AvgIpc) is 2.29. The minimum atomic E-state index is -2.59. The number of carbonyl (C=O) groups is 1. The van der Waals surface area contributed by atoms with Crippen LogP contribution in [0.2, 0.25) is 5.02 Å². The second-order valence-corrected chi connectivity index (χ2v) is 4.44. The van der Waals surface area contributed by atoms with Gasteiger partial charge in [-0.3, -0.25) is 0 Å². The smallest absolute Gasteiger partial charge is 0.319 e. The van der Waals surface area contributed by atoms with E-state index in [9.17, 15) is 13.6 Å². The zero-order chi connectivity index (χ0) is 14.4. The standard InChI is InChI=1S/C12H15ClF2N2O2/c1-7(2)19-8-3-4-10(9(13)5-8)17-12(18)16-6-11(14)15/h3-5,7,11H,6H2,1-2H3,(H2,16,17,18). The molecule has 0 radical (unpaired) electrons. The van der Waals surface area contributed by atoms with Crippen molar-refractivity contribution in [1.82, 2.24) is 5.32 Å². The van der Waals surface area contributed by atoms with Crippen LogP contribution in [0.3, 0.4) is 0 Å². The fourth-order valence-corrected chi connectivity index (χ4v) is 1.50. The fraction of sp³-hybridized carbons (Fsp3) is 0.417. The molecule has 0 unspecified atom stereocenters. The first-order valence-electron chi connectivity index (χ1n) is 5.67. The molecule has 0 spiro atoms. The van der Waals surface area contributed by atoms with Gasteiger partial charge in [-0.05, 0) is 26.0 Å². The molecule has 0 aromatic heterocycles. The monoisotopic (exact) mass is 292 g/mol. The Morgan fingerprint density at radius 2 is 2.11 bits per heavy atom. The summed E-state index contributed by atoms with van der Waals surface area (Å²) >= 11 is 5.95. The van der Waals surface area contributed by atoms with E-state index in [4.69, 9.17) is 16.3 Å². The Labute approximate surface area is 115 Å². The van der Waals surface area contributed by atoms with Crippen LogP contribution in [0, 0.1) is 0 Å². The summed E-state index contributed by atoms with van der Waals surface area (Å²) in [5.41, 5.74) is 0.324. The third-order valence-electron chi connectivity index (χ3n) is 1.98. The molecule has 0 saturated carbocycles. The third kappa shape index (κ3) is 5.74. The van der Waals surface area contributed by atoms with E-state index in [-0.39, 0.29) is 11.1 Å². The summed E-state index contributed by atoms with van der Waals surface area (Å²) in [6.07, 6.45) is -2.59. The van der Waals surface area contributed by atoms with Crippen LogP contribution in [-0.4, -0.2) is 25.1 Å². The summed E-state index contributed by atoms with van der Waals surface area (Å²) in [5, 5.41) is 4.66. The molecule has 1 aromatic carbocycles. The first-order chi connectivity index (χ1) is 8.88. The van der Waals surface area contributed by atoms with Gasteiger partial charge < -0.3 is 15.4 Å². The van der Waals surface area contributed by atoms with Crippen molar-refractivity contribution in [2.45, 2.75) is 26.4 Å². The number of halogens is 3. The molecule has 0 atom stereocenters.